The van der Waals surface area contributed by atoms with E-state index in [2.05, 4.69) is 136 Å². The van der Waals surface area contributed by atoms with Gasteiger partial charge in [0.2, 0.25) is 0 Å². The van der Waals surface area contributed by atoms with E-state index in [-0.39, 0.29) is 44.0 Å². The third kappa shape index (κ3) is 58.6. The van der Waals surface area contributed by atoms with Gasteiger partial charge in [-0.25, -0.2) is 0 Å². The van der Waals surface area contributed by atoms with Crippen molar-refractivity contribution in [3.8, 4) is 0 Å². The first-order valence-electron chi connectivity index (χ1n) is 30.0. The third-order valence-corrected chi connectivity index (χ3v) is 12.5. The van der Waals surface area contributed by atoms with Crippen molar-refractivity contribution in [1.82, 2.24) is 0 Å². The molecule has 0 aliphatic rings. The molecule has 0 rings (SSSR count). The van der Waals surface area contributed by atoms with E-state index < -0.39 is 6.10 Å². The standard InChI is InChI=1S/C67H110O6/c1-4-7-10-13-16-19-22-25-28-31-33-36-38-41-44-47-50-53-56-59-65(68)71-62-64(73-67(70)61-58-55-52-49-46-43-40-35-30-27-24-21-18-15-12-9-6-3)63-72-66(69)60-57-54-51-48-45-42-39-37-34-32-29-26-23-20-17-14-11-8-5-2/h7,9-10,12,16,18-19,21,25,27-28,30,33,36,40-41,43-44,50,53,64H,4-6,8,11,13-15,17,20,22-24,26,29,31-32,34-35,37-39,42,45-49,51-52,54-63H2,1-3H3/b10-7-,12-9-,19-16-,21-18-,28-25-,30-27-,36-33-,43-40-,44-41-,53-50-/t64-/m1/s1. The Morgan fingerprint density at radius 2 is 0.562 bits per heavy atom. The fourth-order valence-corrected chi connectivity index (χ4v) is 8.05. The lowest BCUT2D eigenvalue weighted by Crippen LogP contribution is -2.30. The van der Waals surface area contributed by atoms with Gasteiger partial charge in [-0.2, -0.15) is 0 Å². The molecule has 0 aliphatic carbocycles. The normalized spacial score (nSPS) is 13.0. The molecular weight excluding hydrogens is 901 g/mol. The summed E-state index contributed by atoms with van der Waals surface area (Å²) in [4.78, 5) is 38.2. The van der Waals surface area contributed by atoms with Crippen LogP contribution in [0.3, 0.4) is 0 Å². The Kier molecular flexibility index (Phi) is 56.9. The monoisotopic (exact) mass is 1010 g/mol. The number of hydrogen-bond donors (Lipinski definition) is 0. The molecular formula is C67H110O6. The highest BCUT2D eigenvalue weighted by Crippen LogP contribution is 2.16. The van der Waals surface area contributed by atoms with E-state index >= 15 is 0 Å². The van der Waals surface area contributed by atoms with Gasteiger partial charge in [-0.3, -0.25) is 14.4 Å². The van der Waals surface area contributed by atoms with E-state index in [1.807, 2.05) is 6.08 Å². The molecule has 0 radical (unpaired) electrons. The molecule has 6 heteroatoms. The van der Waals surface area contributed by atoms with Gasteiger partial charge < -0.3 is 14.2 Å². The Hall–Kier alpha value is -4.19. The molecule has 0 spiro atoms. The van der Waals surface area contributed by atoms with Gasteiger partial charge in [0.15, 0.2) is 6.10 Å². The van der Waals surface area contributed by atoms with Crippen LogP contribution < -0.4 is 0 Å². The first-order chi connectivity index (χ1) is 36.0. The summed E-state index contributed by atoms with van der Waals surface area (Å²) in [5.41, 5.74) is 0. The van der Waals surface area contributed by atoms with Crippen molar-refractivity contribution in [1.29, 1.82) is 0 Å². The SMILES string of the molecule is CC/C=C\C/C=C\C/C=C\C/C=C\C/C=C\C/C=C\CCC(=O)OC[C@H](COC(=O)CCCCCCCCCCCCCCCCCCCCC)OC(=O)CCCCCC/C=C\C/C=C\C/C=C\C/C=C\CC. The Labute approximate surface area is 450 Å². The van der Waals surface area contributed by atoms with Gasteiger partial charge in [0, 0.05) is 19.3 Å². The molecule has 6 nitrogen and oxygen atoms in total. The third-order valence-electron chi connectivity index (χ3n) is 12.5. The lowest BCUT2D eigenvalue weighted by atomic mass is 10.0. The second-order valence-electron chi connectivity index (χ2n) is 19.5. The summed E-state index contributed by atoms with van der Waals surface area (Å²) in [5.74, 6) is -1.02. The van der Waals surface area contributed by atoms with Crippen LogP contribution in [-0.4, -0.2) is 37.2 Å². The largest absolute Gasteiger partial charge is 0.462 e. The quantitative estimate of drug-likeness (QED) is 0.0261. The number of carbonyl (C=O) groups excluding carboxylic acids is 3. The van der Waals surface area contributed by atoms with Gasteiger partial charge in [-0.15, -0.1) is 0 Å². The molecule has 0 aromatic heterocycles. The van der Waals surface area contributed by atoms with Crippen LogP contribution in [0.1, 0.15) is 265 Å². The minimum absolute atomic E-state index is 0.112. The summed E-state index contributed by atoms with van der Waals surface area (Å²) < 4.78 is 16.8. The minimum Gasteiger partial charge on any atom is -0.462 e. The van der Waals surface area contributed by atoms with Crippen molar-refractivity contribution in [2.75, 3.05) is 13.2 Å². The average Bonchev–Trinajstić information content (AvgIpc) is 3.39. The Balaban J connectivity index is 4.52. The molecule has 0 saturated heterocycles. The fourth-order valence-electron chi connectivity index (χ4n) is 8.05. The van der Waals surface area contributed by atoms with E-state index in [0.717, 1.165) is 116 Å². The first kappa shape index (κ1) is 68.8. The molecule has 0 bridgehead atoms. The van der Waals surface area contributed by atoms with Crippen molar-refractivity contribution >= 4 is 17.9 Å². The minimum atomic E-state index is -0.825. The summed E-state index contributed by atoms with van der Waals surface area (Å²) in [5, 5.41) is 0. The number of allylic oxidation sites excluding steroid dienone is 20. The van der Waals surface area contributed by atoms with Crippen molar-refractivity contribution in [2.45, 2.75) is 271 Å². The zero-order chi connectivity index (χ0) is 52.9. The summed E-state index contributed by atoms with van der Waals surface area (Å²) in [6, 6.07) is 0. The molecule has 0 aromatic rings. The molecule has 1 atom stereocenters. The summed E-state index contributed by atoms with van der Waals surface area (Å²) in [6.45, 7) is 6.34. The summed E-state index contributed by atoms with van der Waals surface area (Å²) >= 11 is 0. The molecule has 0 saturated carbocycles. The van der Waals surface area contributed by atoms with Gasteiger partial charge in [-0.05, 0) is 96.3 Å². The number of carbonyl (C=O) groups is 3. The van der Waals surface area contributed by atoms with Crippen molar-refractivity contribution in [3.05, 3.63) is 122 Å². The van der Waals surface area contributed by atoms with Crippen molar-refractivity contribution in [2.24, 2.45) is 0 Å². The van der Waals surface area contributed by atoms with E-state index in [1.54, 1.807) is 0 Å². The van der Waals surface area contributed by atoms with Crippen LogP contribution in [0.2, 0.25) is 0 Å². The van der Waals surface area contributed by atoms with Crippen LogP contribution >= 0.6 is 0 Å². The second kappa shape index (κ2) is 60.4. The predicted molar refractivity (Wildman–Crippen MR) is 316 cm³/mol. The lowest BCUT2D eigenvalue weighted by molar-refractivity contribution is -0.166. The molecule has 73 heavy (non-hydrogen) atoms. The number of unbranched alkanes of at least 4 members (excludes halogenated alkanes) is 22. The van der Waals surface area contributed by atoms with E-state index in [1.165, 1.54) is 103 Å². The van der Waals surface area contributed by atoms with Gasteiger partial charge in [0.25, 0.3) is 0 Å². The van der Waals surface area contributed by atoms with Crippen LogP contribution in [-0.2, 0) is 28.6 Å². The average molecular weight is 1010 g/mol. The zero-order valence-electron chi connectivity index (χ0n) is 47.4. The highest BCUT2D eigenvalue weighted by atomic mass is 16.6. The molecule has 0 heterocycles. The van der Waals surface area contributed by atoms with E-state index in [4.69, 9.17) is 14.2 Å². The maximum absolute atomic E-state index is 12.9. The van der Waals surface area contributed by atoms with E-state index in [0.29, 0.717) is 12.8 Å². The molecule has 0 aromatic carbocycles. The maximum Gasteiger partial charge on any atom is 0.306 e. The number of rotatable bonds is 53. The molecule has 0 N–H and O–H groups in total. The molecule has 414 valence electrons. The zero-order valence-corrected chi connectivity index (χ0v) is 47.4. The van der Waals surface area contributed by atoms with Crippen LogP contribution in [0.4, 0.5) is 0 Å². The highest BCUT2D eigenvalue weighted by Gasteiger charge is 2.19. The highest BCUT2D eigenvalue weighted by molar-refractivity contribution is 5.71. The van der Waals surface area contributed by atoms with Crippen LogP contribution in [0.5, 0.6) is 0 Å². The maximum atomic E-state index is 12.9. The second-order valence-corrected chi connectivity index (χ2v) is 19.5. The van der Waals surface area contributed by atoms with Crippen LogP contribution in [0, 0.1) is 0 Å². The topological polar surface area (TPSA) is 78.9 Å². The number of ether oxygens (including phenoxy) is 3. The molecule has 0 aliphatic heterocycles. The van der Waals surface area contributed by atoms with E-state index in [9.17, 15) is 14.4 Å². The Morgan fingerprint density at radius 1 is 0.288 bits per heavy atom. The van der Waals surface area contributed by atoms with Crippen LogP contribution in [0.15, 0.2) is 122 Å². The summed E-state index contributed by atoms with van der Waals surface area (Å²) in [7, 11) is 0. The molecule has 0 fully saturated rings. The van der Waals surface area contributed by atoms with Crippen molar-refractivity contribution in [3.63, 3.8) is 0 Å². The molecule has 0 unspecified atom stereocenters. The van der Waals surface area contributed by atoms with Gasteiger partial charge in [0.05, 0.1) is 0 Å². The van der Waals surface area contributed by atoms with Crippen LogP contribution in [0.25, 0.3) is 0 Å². The smallest absolute Gasteiger partial charge is 0.306 e. The van der Waals surface area contributed by atoms with Gasteiger partial charge in [-0.1, -0.05) is 271 Å². The number of hydrogen-bond acceptors (Lipinski definition) is 6. The number of esters is 3. The Morgan fingerprint density at radius 3 is 0.918 bits per heavy atom. The van der Waals surface area contributed by atoms with Crippen molar-refractivity contribution < 1.29 is 28.6 Å². The van der Waals surface area contributed by atoms with Gasteiger partial charge in [0.1, 0.15) is 13.2 Å². The summed E-state index contributed by atoms with van der Waals surface area (Å²) in [6.07, 6.45) is 83.5. The molecule has 0 amide bonds. The lowest BCUT2D eigenvalue weighted by Gasteiger charge is -2.18. The first-order valence-corrected chi connectivity index (χ1v) is 30.0. The fraction of sp³-hybridized carbons (Fsp3) is 0.657. The van der Waals surface area contributed by atoms with Gasteiger partial charge >= 0.3 is 17.9 Å². The predicted octanol–water partition coefficient (Wildman–Crippen LogP) is 20.4. The Bertz CT molecular complexity index is 1540.